The van der Waals surface area contributed by atoms with Crippen molar-refractivity contribution >= 4 is 23.4 Å². The van der Waals surface area contributed by atoms with E-state index in [1.165, 1.54) is 0 Å². The molecule has 0 aliphatic heterocycles. The van der Waals surface area contributed by atoms with Crippen LogP contribution in [0.3, 0.4) is 0 Å². The summed E-state index contributed by atoms with van der Waals surface area (Å²) in [5.74, 6) is 2.56. The molecular formula is CHBLiN. The van der Waals surface area contributed by atoms with Gasteiger partial charge in [-0.2, -0.15) is 0 Å². The van der Waals surface area contributed by atoms with Gasteiger partial charge >= 0.3 is 34.6 Å². The van der Waals surface area contributed by atoms with Crippen LogP contribution in [0.1, 0.15) is 0 Å². The summed E-state index contributed by atoms with van der Waals surface area (Å²) in [6, 6.07) is 0. The Hall–Kier alpha value is 0.152. The molecule has 0 radical (unpaired) electrons. The van der Waals surface area contributed by atoms with Crippen LogP contribution in [0, 0.1) is 11.2 Å². The molecule has 0 aliphatic rings. The molecule has 0 unspecified atom stereocenters. The van der Waals surface area contributed by atoms with Gasteiger partial charge in [0.2, 0.25) is 0 Å². The summed E-state index contributed by atoms with van der Waals surface area (Å²) in [7, 11) is 0. The van der Waals surface area contributed by atoms with Gasteiger partial charge in [-0.15, -0.1) is 0 Å². The monoisotopic (exact) mass is 45.0 g/mol. The van der Waals surface area contributed by atoms with Crippen molar-refractivity contribution in [2.24, 2.45) is 0 Å². The molecule has 4 heavy (non-hydrogen) atoms. The Kier molecular flexibility index (Phi) is 3.27. The summed E-state index contributed by atoms with van der Waals surface area (Å²) in [4.78, 5) is 0. The molecule has 0 N–H and O–H groups in total. The van der Waals surface area contributed by atoms with Crippen molar-refractivity contribution < 1.29 is 0 Å². The van der Waals surface area contributed by atoms with E-state index in [1.54, 1.807) is 0 Å². The van der Waals surface area contributed by atoms with Crippen LogP contribution in [-0.2, 0) is 0 Å². The average molecular weight is 44.8 g/mol. The third kappa shape index (κ3) is 2.15. The molecule has 0 aromatic carbocycles. The molecule has 0 heterocycles. The summed E-state index contributed by atoms with van der Waals surface area (Å²) >= 11 is 1.82. The van der Waals surface area contributed by atoms with Crippen LogP contribution < -0.4 is 0 Å². The first-order chi connectivity index (χ1) is 1.91. The fraction of sp³-hybridized carbons (Fsp3) is 0. The van der Waals surface area contributed by atoms with Crippen molar-refractivity contribution in [1.82, 2.24) is 0 Å². The van der Waals surface area contributed by atoms with Crippen LogP contribution in [0.15, 0.2) is 0 Å². The Bertz CT molecular complexity index is 37.8. The fourth-order valence-electron chi connectivity index (χ4n) is 0. The van der Waals surface area contributed by atoms with Crippen LogP contribution in [0.25, 0.3) is 0 Å². The van der Waals surface area contributed by atoms with Crippen LogP contribution in [0.2, 0.25) is 0 Å². The number of hydrogen-bond acceptors (Lipinski definition) is 1. The molecule has 0 aromatic rings. The molecule has 0 aliphatic carbocycles. The van der Waals surface area contributed by atoms with Crippen molar-refractivity contribution in [3.05, 3.63) is 0 Å². The Morgan fingerprint density at radius 1 is 2.00 bits per heavy atom. The van der Waals surface area contributed by atoms with Crippen LogP contribution in [0.4, 0.5) is 0 Å². The maximum absolute atomic E-state index is 7.62. The van der Waals surface area contributed by atoms with Gasteiger partial charge in [-0.3, -0.25) is 0 Å². The number of rotatable bonds is 0. The van der Waals surface area contributed by atoms with Gasteiger partial charge in [-0.05, 0) is 0 Å². The summed E-state index contributed by atoms with van der Waals surface area (Å²) in [5, 5.41) is 7.62. The van der Waals surface area contributed by atoms with Crippen LogP contribution in [-0.4, -0.2) is 23.4 Å². The first-order valence-corrected chi connectivity index (χ1v) is 1.28. The molecule has 3 heteroatoms. The van der Waals surface area contributed by atoms with Gasteiger partial charge in [0, 0.05) is 0 Å². The third-order valence-corrected chi connectivity index (χ3v) is 0.158. The van der Waals surface area contributed by atoms with Gasteiger partial charge in [0.1, 0.15) is 0 Å². The van der Waals surface area contributed by atoms with Crippen molar-refractivity contribution in [1.29, 1.82) is 5.26 Å². The van der Waals surface area contributed by atoms with E-state index < -0.39 is 0 Å². The second-order valence-corrected chi connectivity index (χ2v) is 0.512. The summed E-state index contributed by atoms with van der Waals surface area (Å²) < 4.78 is 0. The molecular weight excluding hydrogens is 43.8 g/mol. The van der Waals surface area contributed by atoms with E-state index in [1.807, 2.05) is 23.5 Å². The van der Waals surface area contributed by atoms with Crippen molar-refractivity contribution in [2.75, 3.05) is 0 Å². The second-order valence-electron chi connectivity index (χ2n) is 0.512. The molecule has 0 saturated heterocycles. The van der Waals surface area contributed by atoms with Crippen LogP contribution >= 0.6 is 0 Å². The van der Waals surface area contributed by atoms with Crippen molar-refractivity contribution in [2.45, 2.75) is 0 Å². The van der Waals surface area contributed by atoms with E-state index in [-0.39, 0.29) is 0 Å². The minimum atomic E-state index is 0.625. The van der Waals surface area contributed by atoms with E-state index >= 15 is 0 Å². The fourth-order valence-corrected chi connectivity index (χ4v) is 0. The van der Waals surface area contributed by atoms with Crippen molar-refractivity contribution in [3.8, 4) is 5.97 Å². The quantitative estimate of drug-likeness (QED) is 0.320. The van der Waals surface area contributed by atoms with Gasteiger partial charge in [-0.1, -0.05) is 0 Å². The van der Waals surface area contributed by atoms with Gasteiger partial charge < -0.3 is 0 Å². The van der Waals surface area contributed by atoms with E-state index in [9.17, 15) is 0 Å². The molecule has 0 atom stereocenters. The molecule has 1 nitrogen and oxygen atoms in total. The molecule has 0 rings (SSSR count). The average Bonchev–Trinajstić information content (AvgIpc) is 1.37. The zero-order chi connectivity index (χ0) is 3.41. The summed E-state index contributed by atoms with van der Waals surface area (Å²) in [5.41, 5.74) is 0. The third-order valence-electron chi connectivity index (χ3n) is 0.158. The molecule has 14 valence electrons. The first kappa shape index (κ1) is 4.15. The van der Waals surface area contributed by atoms with Gasteiger partial charge in [0.15, 0.2) is 0 Å². The molecule has 0 saturated carbocycles. The Labute approximate surface area is 35.3 Å². The van der Waals surface area contributed by atoms with Gasteiger partial charge in [0.05, 0.1) is 0 Å². The van der Waals surface area contributed by atoms with E-state index in [4.69, 9.17) is 5.26 Å². The normalized spacial score (nSPS) is 4.25. The van der Waals surface area contributed by atoms with E-state index in [0.717, 1.165) is 0 Å². The summed E-state index contributed by atoms with van der Waals surface area (Å²) in [6.07, 6.45) is 0. The Morgan fingerprint density at radius 3 is 2.25 bits per heavy atom. The number of nitriles is 1. The Morgan fingerprint density at radius 2 is 2.25 bits per heavy atom. The van der Waals surface area contributed by atoms with Crippen molar-refractivity contribution in [3.63, 3.8) is 0 Å². The number of nitrogens with zero attached hydrogens (tertiary/aromatic N) is 1. The Balaban J connectivity index is 2.43. The van der Waals surface area contributed by atoms with E-state index in [2.05, 4.69) is 0 Å². The SMILES string of the molecule is [Li][BH]C#N. The molecule has 0 amide bonds. The second kappa shape index (κ2) is 3.15. The first-order valence-electron chi connectivity index (χ1n) is 1.28. The minimum absolute atomic E-state index is 0.625. The van der Waals surface area contributed by atoms with E-state index in [0.29, 0.717) is 5.85 Å². The predicted octanol–water partition coefficient (Wildman–Crippen LogP) is -1.01. The standard InChI is InChI=1S/CHBN.Li/c2-1-3;/h2H;/q+1;-1. The predicted molar refractivity (Wildman–Crippen MR) is 18.5 cm³/mol. The maximum atomic E-state index is 7.62. The van der Waals surface area contributed by atoms with Gasteiger partial charge in [-0.25, -0.2) is 0 Å². The zero-order valence-corrected chi connectivity index (χ0v) is 2.65. The van der Waals surface area contributed by atoms with Crippen LogP contribution in [0.5, 0.6) is 0 Å². The molecule has 0 aromatic heterocycles. The molecule has 0 fully saturated rings. The van der Waals surface area contributed by atoms with Gasteiger partial charge in [0.25, 0.3) is 0 Å². The zero-order valence-electron chi connectivity index (χ0n) is 2.65. The molecule has 0 bridgehead atoms. The topological polar surface area (TPSA) is 23.8 Å². The summed E-state index contributed by atoms with van der Waals surface area (Å²) in [6.45, 7) is 0. The number of hydrogen-bond donors (Lipinski definition) is 0. The molecule has 0 spiro atoms.